The highest BCUT2D eigenvalue weighted by atomic mass is 16.5. The van der Waals surface area contributed by atoms with E-state index in [0.717, 1.165) is 44.1 Å². The lowest BCUT2D eigenvalue weighted by molar-refractivity contribution is 0.140. The molecule has 0 spiro atoms. The second-order valence-electron chi connectivity index (χ2n) is 7.30. The lowest BCUT2D eigenvalue weighted by Gasteiger charge is -2.19. The fourth-order valence-electron chi connectivity index (χ4n) is 3.31. The van der Waals surface area contributed by atoms with E-state index in [2.05, 4.69) is 17.1 Å². The number of carbonyl (C=O) groups excluding carboxylic acids is 1. The molecule has 0 aliphatic carbocycles. The Hall–Kier alpha value is -1.75. The average molecular weight is 377 g/mol. The van der Waals surface area contributed by atoms with Crippen LogP contribution in [-0.2, 0) is 4.74 Å². The van der Waals surface area contributed by atoms with E-state index >= 15 is 0 Å². The zero-order valence-electron chi connectivity index (χ0n) is 16.9. The topological polar surface area (TPSA) is 50.8 Å². The third-order valence-electron chi connectivity index (χ3n) is 4.96. The van der Waals surface area contributed by atoms with Gasteiger partial charge in [0.1, 0.15) is 12.4 Å². The zero-order valence-corrected chi connectivity index (χ0v) is 16.9. The summed E-state index contributed by atoms with van der Waals surface area (Å²) < 4.78 is 11.0. The van der Waals surface area contributed by atoms with Crippen LogP contribution < -0.4 is 10.1 Å². The van der Waals surface area contributed by atoms with Crippen LogP contribution in [0.4, 0.5) is 10.5 Å². The maximum atomic E-state index is 11.9. The number of anilines is 1. The van der Waals surface area contributed by atoms with Crippen LogP contribution in [0.25, 0.3) is 0 Å². The molecule has 1 heterocycles. The molecule has 1 aliphatic rings. The van der Waals surface area contributed by atoms with E-state index in [1.165, 1.54) is 51.4 Å². The lowest BCUT2D eigenvalue weighted by Crippen LogP contribution is -2.30. The number of hydrogen-bond donors (Lipinski definition) is 1. The molecule has 1 fully saturated rings. The SMILES string of the molecule is CCCCCCCOc1ccc(NC(=O)OCCN2CCCCCC2)cc1. The number of nitrogens with zero attached hydrogens (tertiary/aromatic N) is 1. The van der Waals surface area contributed by atoms with E-state index < -0.39 is 6.09 Å². The second kappa shape index (κ2) is 13.4. The van der Waals surface area contributed by atoms with Crippen molar-refractivity contribution in [2.75, 3.05) is 38.2 Å². The fraction of sp³-hybridized carbons (Fsp3) is 0.682. The van der Waals surface area contributed by atoms with Crippen molar-refractivity contribution in [1.82, 2.24) is 4.90 Å². The largest absolute Gasteiger partial charge is 0.494 e. The molecule has 0 bridgehead atoms. The first-order chi connectivity index (χ1) is 13.3. The van der Waals surface area contributed by atoms with Crippen LogP contribution in [0.15, 0.2) is 24.3 Å². The van der Waals surface area contributed by atoms with E-state index in [4.69, 9.17) is 9.47 Å². The normalized spacial score (nSPS) is 15.1. The number of rotatable bonds is 11. The number of amides is 1. The second-order valence-corrected chi connectivity index (χ2v) is 7.30. The van der Waals surface area contributed by atoms with Gasteiger partial charge in [0.15, 0.2) is 0 Å². The summed E-state index contributed by atoms with van der Waals surface area (Å²) in [7, 11) is 0. The molecular formula is C22H36N2O3. The summed E-state index contributed by atoms with van der Waals surface area (Å²) in [6.07, 6.45) is 10.9. The van der Waals surface area contributed by atoms with Gasteiger partial charge in [0.25, 0.3) is 0 Å². The van der Waals surface area contributed by atoms with Crippen LogP contribution in [-0.4, -0.2) is 43.8 Å². The Kier molecular flexibility index (Phi) is 10.7. The molecule has 152 valence electrons. The molecule has 5 heteroatoms. The van der Waals surface area contributed by atoms with Crippen molar-refractivity contribution >= 4 is 11.8 Å². The molecule has 1 aromatic rings. The minimum Gasteiger partial charge on any atom is -0.494 e. The first-order valence-electron chi connectivity index (χ1n) is 10.7. The van der Waals surface area contributed by atoms with E-state index in [1.54, 1.807) is 0 Å². The van der Waals surface area contributed by atoms with Crippen LogP contribution in [0.2, 0.25) is 0 Å². The molecule has 0 saturated carbocycles. The van der Waals surface area contributed by atoms with Gasteiger partial charge in [-0.1, -0.05) is 45.4 Å². The monoisotopic (exact) mass is 376 g/mol. The van der Waals surface area contributed by atoms with Gasteiger partial charge in [-0.05, 0) is 56.6 Å². The van der Waals surface area contributed by atoms with Crippen molar-refractivity contribution in [3.05, 3.63) is 24.3 Å². The summed E-state index contributed by atoms with van der Waals surface area (Å²) in [6.45, 7) is 6.45. The molecule has 0 unspecified atom stereocenters. The summed E-state index contributed by atoms with van der Waals surface area (Å²) >= 11 is 0. The quantitative estimate of drug-likeness (QED) is 0.521. The van der Waals surface area contributed by atoms with Crippen LogP contribution in [0.3, 0.4) is 0 Å². The highest BCUT2D eigenvalue weighted by molar-refractivity contribution is 5.84. The van der Waals surface area contributed by atoms with E-state index in [9.17, 15) is 4.79 Å². The predicted molar refractivity (Wildman–Crippen MR) is 111 cm³/mol. The molecule has 1 aromatic carbocycles. The van der Waals surface area contributed by atoms with Gasteiger partial charge >= 0.3 is 6.09 Å². The van der Waals surface area contributed by atoms with Gasteiger partial charge in [0.2, 0.25) is 0 Å². The Balaban J connectivity index is 1.58. The minimum atomic E-state index is -0.394. The Morgan fingerprint density at radius 3 is 2.37 bits per heavy atom. The standard InChI is InChI=1S/C22H36N2O3/c1-2-3-4-7-10-18-26-21-13-11-20(12-14-21)23-22(25)27-19-17-24-15-8-5-6-9-16-24/h11-14H,2-10,15-19H2,1H3,(H,23,25). The lowest BCUT2D eigenvalue weighted by atomic mass is 10.2. The molecule has 2 rings (SSSR count). The molecule has 1 aliphatic heterocycles. The fourth-order valence-corrected chi connectivity index (χ4v) is 3.31. The summed E-state index contributed by atoms with van der Waals surface area (Å²) in [5.41, 5.74) is 0.727. The number of nitrogens with one attached hydrogen (secondary N) is 1. The highest BCUT2D eigenvalue weighted by Gasteiger charge is 2.10. The van der Waals surface area contributed by atoms with Gasteiger partial charge in [-0.15, -0.1) is 0 Å². The van der Waals surface area contributed by atoms with Crippen LogP contribution in [0.5, 0.6) is 5.75 Å². The van der Waals surface area contributed by atoms with Gasteiger partial charge < -0.3 is 9.47 Å². The maximum Gasteiger partial charge on any atom is 0.411 e. The first-order valence-corrected chi connectivity index (χ1v) is 10.7. The Morgan fingerprint density at radius 2 is 1.67 bits per heavy atom. The molecule has 0 radical (unpaired) electrons. The summed E-state index contributed by atoms with van der Waals surface area (Å²) in [4.78, 5) is 14.3. The molecule has 27 heavy (non-hydrogen) atoms. The number of benzene rings is 1. The van der Waals surface area contributed by atoms with Crippen molar-refractivity contribution in [1.29, 1.82) is 0 Å². The zero-order chi connectivity index (χ0) is 19.2. The van der Waals surface area contributed by atoms with Crippen molar-refractivity contribution in [2.45, 2.75) is 64.7 Å². The Labute approximate surface area is 164 Å². The molecule has 0 atom stereocenters. The van der Waals surface area contributed by atoms with Crippen LogP contribution in [0, 0.1) is 0 Å². The third kappa shape index (κ3) is 9.66. The number of likely N-dealkylation sites (tertiary alicyclic amines) is 1. The van der Waals surface area contributed by atoms with Crippen molar-refractivity contribution in [2.24, 2.45) is 0 Å². The van der Waals surface area contributed by atoms with Gasteiger partial charge in [-0.3, -0.25) is 10.2 Å². The summed E-state index contributed by atoms with van der Waals surface area (Å²) in [5.74, 6) is 0.838. The van der Waals surface area contributed by atoms with Gasteiger partial charge in [0, 0.05) is 12.2 Å². The minimum absolute atomic E-state index is 0.394. The van der Waals surface area contributed by atoms with Crippen LogP contribution >= 0.6 is 0 Å². The summed E-state index contributed by atoms with van der Waals surface area (Å²) in [6, 6.07) is 7.47. The molecule has 1 N–H and O–H groups in total. The van der Waals surface area contributed by atoms with Crippen LogP contribution in [0.1, 0.15) is 64.7 Å². The number of hydrogen-bond acceptors (Lipinski definition) is 4. The predicted octanol–water partition coefficient (Wildman–Crippen LogP) is 5.46. The van der Waals surface area contributed by atoms with E-state index in [1.807, 2.05) is 24.3 Å². The molecule has 0 aromatic heterocycles. The molecule has 5 nitrogen and oxygen atoms in total. The number of carbonyl (C=O) groups is 1. The third-order valence-corrected chi connectivity index (χ3v) is 4.96. The Morgan fingerprint density at radius 1 is 0.963 bits per heavy atom. The number of unbranched alkanes of at least 4 members (excludes halogenated alkanes) is 4. The van der Waals surface area contributed by atoms with E-state index in [0.29, 0.717) is 6.61 Å². The van der Waals surface area contributed by atoms with Crippen molar-refractivity contribution < 1.29 is 14.3 Å². The van der Waals surface area contributed by atoms with Gasteiger partial charge in [0.05, 0.1) is 6.61 Å². The van der Waals surface area contributed by atoms with Gasteiger partial charge in [-0.2, -0.15) is 0 Å². The smallest absolute Gasteiger partial charge is 0.411 e. The van der Waals surface area contributed by atoms with Crippen molar-refractivity contribution in [3.8, 4) is 5.75 Å². The highest BCUT2D eigenvalue weighted by Crippen LogP contribution is 2.16. The molecule has 1 saturated heterocycles. The Bertz CT molecular complexity index is 511. The molecular weight excluding hydrogens is 340 g/mol. The first kappa shape index (κ1) is 21.5. The summed E-state index contributed by atoms with van der Waals surface area (Å²) in [5, 5.41) is 2.77. The van der Waals surface area contributed by atoms with Gasteiger partial charge in [-0.25, -0.2) is 4.79 Å². The van der Waals surface area contributed by atoms with E-state index in [-0.39, 0.29) is 0 Å². The molecule has 1 amide bonds. The number of ether oxygens (including phenoxy) is 2. The van der Waals surface area contributed by atoms with Crippen molar-refractivity contribution in [3.63, 3.8) is 0 Å². The maximum absolute atomic E-state index is 11.9. The average Bonchev–Trinajstić information content (AvgIpc) is 2.95.